The van der Waals surface area contributed by atoms with E-state index in [4.69, 9.17) is 9.84 Å². The molecule has 0 saturated carbocycles. The lowest BCUT2D eigenvalue weighted by Gasteiger charge is -2.10. The van der Waals surface area contributed by atoms with Crippen LogP contribution in [-0.4, -0.2) is 17.7 Å². The number of ether oxygens (including phenoxy) is 1. The number of rotatable bonds is 14. The highest BCUT2D eigenvalue weighted by molar-refractivity contribution is 5.91. The second kappa shape index (κ2) is 13.4. The standard InChI is InChI=1S/C23H36O3/c1-4-5-6-7-8-9-10-11-12-13-16-26-22-15-14-21(17-19(22)2)18-20(3)23(24)25/h14-15,17-18H,4-13,16H2,1-3H3,(H,24,25)/b20-18+. The van der Waals surface area contributed by atoms with Crippen molar-refractivity contribution in [2.75, 3.05) is 6.61 Å². The first-order chi connectivity index (χ1) is 12.5. The summed E-state index contributed by atoms with van der Waals surface area (Å²) < 4.78 is 5.88. The molecule has 0 bridgehead atoms. The van der Waals surface area contributed by atoms with Gasteiger partial charge < -0.3 is 9.84 Å². The Hall–Kier alpha value is -1.77. The topological polar surface area (TPSA) is 46.5 Å². The minimum atomic E-state index is -0.885. The molecule has 3 heteroatoms. The molecule has 0 aliphatic carbocycles. The molecule has 0 radical (unpaired) electrons. The van der Waals surface area contributed by atoms with Crippen molar-refractivity contribution < 1.29 is 14.6 Å². The van der Waals surface area contributed by atoms with Crippen LogP contribution in [0.3, 0.4) is 0 Å². The molecule has 1 aromatic rings. The summed E-state index contributed by atoms with van der Waals surface area (Å²) in [7, 11) is 0. The highest BCUT2D eigenvalue weighted by Gasteiger charge is 2.03. The van der Waals surface area contributed by atoms with E-state index in [1.165, 1.54) is 57.8 Å². The zero-order chi connectivity index (χ0) is 19.2. The van der Waals surface area contributed by atoms with Crippen LogP contribution in [0, 0.1) is 6.92 Å². The summed E-state index contributed by atoms with van der Waals surface area (Å²) in [4.78, 5) is 10.9. The zero-order valence-corrected chi connectivity index (χ0v) is 16.9. The van der Waals surface area contributed by atoms with Crippen LogP contribution in [0.1, 0.15) is 89.2 Å². The Kier molecular flexibility index (Phi) is 11.5. The number of carboxylic acid groups (broad SMARTS) is 1. The first kappa shape index (κ1) is 22.3. The van der Waals surface area contributed by atoms with Gasteiger partial charge in [0.2, 0.25) is 0 Å². The van der Waals surface area contributed by atoms with Gasteiger partial charge >= 0.3 is 5.97 Å². The minimum Gasteiger partial charge on any atom is -0.493 e. The normalized spacial score (nSPS) is 11.6. The van der Waals surface area contributed by atoms with Crippen molar-refractivity contribution in [1.29, 1.82) is 0 Å². The lowest BCUT2D eigenvalue weighted by atomic mass is 10.1. The lowest BCUT2D eigenvalue weighted by Crippen LogP contribution is -1.99. The molecule has 26 heavy (non-hydrogen) atoms. The third-order valence-electron chi connectivity index (χ3n) is 4.67. The maximum atomic E-state index is 10.9. The monoisotopic (exact) mass is 360 g/mol. The van der Waals surface area contributed by atoms with Crippen molar-refractivity contribution in [2.45, 2.75) is 85.0 Å². The predicted octanol–water partition coefficient (Wildman–Crippen LogP) is 6.78. The Labute approximate surface area is 159 Å². The lowest BCUT2D eigenvalue weighted by molar-refractivity contribution is -0.132. The van der Waals surface area contributed by atoms with Crippen LogP contribution in [0.25, 0.3) is 6.08 Å². The third kappa shape index (κ3) is 9.65. The van der Waals surface area contributed by atoms with Gasteiger partial charge in [-0.3, -0.25) is 0 Å². The molecule has 1 aromatic carbocycles. The van der Waals surface area contributed by atoms with Crippen molar-refractivity contribution in [3.63, 3.8) is 0 Å². The second-order valence-electron chi connectivity index (χ2n) is 7.19. The van der Waals surface area contributed by atoms with Gasteiger partial charge in [-0.1, -0.05) is 70.8 Å². The molecule has 0 heterocycles. The average molecular weight is 361 g/mol. The van der Waals surface area contributed by atoms with Crippen LogP contribution >= 0.6 is 0 Å². The average Bonchev–Trinajstić information content (AvgIpc) is 2.61. The molecule has 0 spiro atoms. The van der Waals surface area contributed by atoms with Crippen LogP contribution in [0.2, 0.25) is 0 Å². The summed E-state index contributed by atoms with van der Waals surface area (Å²) in [6.07, 6.45) is 14.9. The fourth-order valence-electron chi connectivity index (χ4n) is 3.01. The summed E-state index contributed by atoms with van der Waals surface area (Å²) in [5.74, 6) is 0.00925. The van der Waals surface area contributed by atoms with Gasteiger partial charge in [0.05, 0.1) is 6.61 Å². The van der Waals surface area contributed by atoms with Crippen LogP contribution < -0.4 is 4.74 Å². The number of carbonyl (C=O) groups is 1. The van der Waals surface area contributed by atoms with Gasteiger partial charge in [0, 0.05) is 5.57 Å². The quantitative estimate of drug-likeness (QED) is 0.294. The number of carboxylic acids is 1. The van der Waals surface area contributed by atoms with E-state index < -0.39 is 5.97 Å². The Balaban J connectivity index is 2.18. The highest BCUT2D eigenvalue weighted by Crippen LogP contribution is 2.21. The van der Waals surface area contributed by atoms with E-state index in [9.17, 15) is 4.79 Å². The second-order valence-corrected chi connectivity index (χ2v) is 7.19. The molecule has 0 fully saturated rings. The summed E-state index contributed by atoms with van der Waals surface area (Å²) in [5.41, 5.74) is 2.28. The van der Waals surface area contributed by atoms with Gasteiger partial charge in [0.15, 0.2) is 0 Å². The Morgan fingerprint density at radius 2 is 1.58 bits per heavy atom. The Morgan fingerprint density at radius 1 is 1.00 bits per heavy atom. The van der Waals surface area contributed by atoms with E-state index in [1.54, 1.807) is 13.0 Å². The van der Waals surface area contributed by atoms with Gasteiger partial charge in [-0.15, -0.1) is 0 Å². The highest BCUT2D eigenvalue weighted by atomic mass is 16.5. The third-order valence-corrected chi connectivity index (χ3v) is 4.67. The van der Waals surface area contributed by atoms with Crippen molar-refractivity contribution in [3.05, 3.63) is 34.9 Å². The molecule has 146 valence electrons. The fraction of sp³-hybridized carbons (Fsp3) is 0.609. The van der Waals surface area contributed by atoms with Crippen LogP contribution in [-0.2, 0) is 4.79 Å². The molecule has 0 atom stereocenters. The molecule has 0 unspecified atom stereocenters. The van der Waals surface area contributed by atoms with Crippen molar-refractivity contribution >= 4 is 12.0 Å². The van der Waals surface area contributed by atoms with E-state index in [1.807, 2.05) is 25.1 Å². The molecule has 0 aromatic heterocycles. The number of aryl methyl sites for hydroxylation is 1. The van der Waals surface area contributed by atoms with E-state index in [0.717, 1.165) is 29.9 Å². The summed E-state index contributed by atoms with van der Waals surface area (Å²) >= 11 is 0. The number of aliphatic carboxylic acids is 1. The maximum absolute atomic E-state index is 10.9. The molecule has 0 saturated heterocycles. The summed E-state index contributed by atoms with van der Waals surface area (Å²) in [6, 6.07) is 5.82. The Morgan fingerprint density at radius 3 is 2.12 bits per heavy atom. The van der Waals surface area contributed by atoms with E-state index in [0.29, 0.717) is 5.57 Å². The van der Waals surface area contributed by atoms with Crippen LogP contribution in [0.15, 0.2) is 23.8 Å². The molecule has 3 nitrogen and oxygen atoms in total. The van der Waals surface area contributed by atoms with Gasteiger partial charge in [0.1, 0.15) is 5.75 Å². The van der Waals surface area contributed by atoms with Gasteiger partial charge in [-0.25, -0.2) is 4.79 Å². The van der Waals surface area contributed by atoms with Gasteiger partial charge in [0.25, 0.3) is 0 Å². The smallest absolute Gasteiger partial charge is 0.331 e. The van der Waals surface area contributed by atoms with Crippen molar-refractivity contribution in [2.24, 2.45) is 0 Å². The molecule has 1 N–H and O–H groups in total. The molecule has 0 amide bonds. The maximum Gasteiger partial charge on any atom is 0.331 e. The van der Waals surface area contributed by atoms with E-state index in [2.05, 4.69) is 6.92 Å². The number of unbranched alkanes of at least 4 members (excludes halogenated alkanes) is 9. The predicted molar refractivity (Wildman–Crippen MR) is 110 cm³/mol. The van der Waals surface area contributed by atoms with Gasteiger partial charge in [-0.05, 0) is 49.6 Å². The van der Waals surface area contributed by atoms with Crippen LogP contribution in [0.5, 0.6) is 5.75 Å². The number of hydrogen-bond acceptors (Lipinski definition) is 2. The van der Waals surface area contributed by atoms with E-state index in [-0.39, 0.29) is 0 Å². The first-order valence-electron chi connectivity index (χ1n) is 10.2. The van der Waals surface area contributed by atoms with E-state index >= 15 is 0 Å². The summed E-state index contributed by atoms with van der Waals surface area (Å²) in [5, 5.41) is 8.94. The SMILES string of the molecule is CCCCCCCCCCCCOc1ccc(/C=C(\C)C(=O)O)cc1C. The molecule has 0 aliphatic rings. The zero-order valence-electron chi connectivity index (χ0n) is 16.9. The first-order valence-corrected chi connectivity index (χ1v) is 10.2. The van der Waals surface area contributed by atoms with Crippen molar-refractivity contribution in [3.8, 4) is 5.75 Å². The molecule has 1 rings (SSSR count). The van der Waals surface area contributed by atoms with Crippen LogP contribution in [0.4, 0.5) is 0 Å². The molecule has 0 aliphatic heterocycles. The van der Waals surface area contributed by atoms with Crippen molar-refractivity contribution in [1.82, 2.24) is 0 Å². The Bertz CT molecular complexity index is 561. The number of benzene rings is 1. The van der Waals surface area contributed by atoms with Gasteiger partial charge in [-0.2, -0.15) is 0 Å². The molecular weight excluding hydrogens is 324 g/mol. The summed E-state index contributed by atoms with van der Waals surface area (Å²) in [6.45, 7) is 6.62. The largest absolute Gasteiger partial charge is 0.493 e. The number of hydrogen-bond donors (Lipinski definition) is 1. The minimum absolute atomic E-state index is 0.337. The molecular formula is C23H36O3. The fourth-order valence-corrected chi connectivity index (χ4v) is 3.01.